The molecule has 0 aliphatic heterocycles. The lowest BCUT2D eigenvalue weighted by Crippen LogP contribution is -2.29. The van der Waals surface area contributed by atoms with E-state index in [9.17, 15) is 9.59 Å². The van der Waals surface area contributed by atoms with Crippen LogP contribution in [-0.2, 0) is 9.53 Å². The highest BCUT2D eigenvalue weighted by Crippen LogP contribution is 2.11. The average Bonchev–Trinajstić information content (AvgIpc) is 2.72. The number of hydrogen-bond donors (Lipinski definition) is 1. The summed E-state index contributed by atoms with van der Waals surface area (Å²) in [4.78, 5) is 24.2. The first-order valence-corrected chi connectivity index (χ1v) is 5.31. The second-order valence-electron chi connectivity index (χ2n) is 3.48. The molecule has 0 radical (unpaired) electrons. The Kier molecular flexibility index (Phi) is 4.56. The zero-order chi connectivity index (χ0) is 12.8. The van der Waals surface area contributed by atoms with Gasteiger partial charge < -0.3 is 19.8 Å². The fraction of sp³-hybridized carbons (Fsp3) is 0.455. The molecule has 0 aliphatic carbocycles. The minimum absolute atomic E-state index is 0.159. The summed E-state index contributed by atoms with van der Waals surface area (Å²) in [6, 6.07) is 3.00. The van der Waals surface area contributed by atoms with E-state index in [0.717, 1.165) is 0 Å². The third kappa shape index (κ3) is 3.82. The van der Waals surface area contributed by atoms with Crippen LogP contribution in [0.3, 0.4) is 0 Å². The third-order valence-electron chi connectivity index (χ3n) is 2.14. The van der Waals surface area contributed by atoms with E-state index in [1.54, 1.807) is 14.0 Å². The summed E-state index contributed by atoms with van der Waals surface area (Å²) in [5.74, 6) is -0.293. The van der Waals surface area contributed by atoms with Crippen LogP contribution < -0.4 is 5.73 Å². The first kappa shape index (κ1) is 13.1. The van der Waals surface area contributed by atoms with Gasteiger partial charge in [-0.25, -0.2) is 0 Å². The summed E-state index contributed by atoms with van der Waals surface area (Å²) >= 11 is 0. The van der Waals surface area contributed by atoms with Gasteiger partial charge >= 0.3 is 5.97 Å². The van der Waals surface area contributed by atoms with Gasteiger partial charge in [0.15, 0.2) is 11.6 Å². The molecule has 0 aromatic carbocycles. The Morgan fingerprint density at radius 1 is 1.47 bits per heavy atom. The van der Waals surface area contributed by atoms with Crippen molar-refractivity contribution in [2.45, 2.75) is 13.3 Å². The van der Waals surface area contributed by atoms with Crippen LogP contribution in [0.5, 0.6) is 0 Å². The van der Waals surface area contributed by atoms with Gasteiger partial charge in [-0.05, 0) is 13.0 Å². The molecule has 94 valence electrons. The molecule has 0 fully saturated rings. The Bertz CT molecular complexity index is 400. The molecule has 6 nitrogen and oxygen atoms in total. The van der Waals surface area contributed by atoms with Crippen molar-refractivity contribution in [1.82, 2.24) is 4.90 Å². The predicted octanol–water partition coefficient (Wildman–Crippen LogP) is 0.887. The molecule has 1 aromatic rings. The van der Waals surface area contributed by atoms with Crippen molar-refractivity contribution in [3.8, 4) is 0 Å². The van der Waals surface area contributed by atoms with Gasteiger partial charge in [0.2, 0.25) is 0 Å². The van der Waals surface area contributed by atoms with Crippen LogP contribution in [0.4, 0.5) is 5.88 Å². The first-order chi connectivity index (χ1) is 8.04. The Labute approximate surface area is 99.3 Å². The van der Waals surface area contributed by atoms with E-state index in [2.05, 4.69) is 0 Å². The van der Waals surface area contributed by atoms with Gasteiger partial charge in [-0.1, -0.05) is 0 Å². The fourth-order valence-electron chi connectivity index (χ4n) is 1.25. The largest absolute Gasteiger partial charge is 0.466 e. The van der Waals surface area contributed by atoms with E-state index in [1.165, 1.54) is 17.0 Å². The maximum absolute atomic E-state index is 11.8. The third-order valence-corrected chi connectivity index (χ3v) is 2.14. The number of anilines is 1. The number of carbonyl (C=O) groups excluding carboxylic acids is 2. The smallest absolute Gasteiger partial charge is 0.307 e. The molecule has 1 heterocycles. The molecule has 6 heteroatoms. The highest BCUT2D eigenvalue weighted by molar-refractivity contribution is 5.91. The van der Waals surface area contributed by atoms with Crippen molar-refractivity contribution in [2.24, 2.45) is 0 Å². The van der Waals surface area contributed by atoms with Gasteiger partial charge in [-0.2, -0.15) is 0 Å². The summed E-state index contributed by atoms with van der Waals surface area (Å²) in [7, 11) is 1.58. The lowest BCUT2D eigenvalue weighted by molar-refractivity contribution is -0.143. The number of furan rings is 1. The van der Waals surface area contributed by atoms with E-state index >= 15 is 0 Å². The minimum atomic E-state index is -0.328. The van der Waals surface area contributed by atoms with E-state index < -0.39 is 0 Å². The molecule has 2 N–H and O–H groups in total. The second kappa shape index (κ2) is 5.93. The number of rotatable bonds is 5. The van der Waals surface area contributed by atoms with Crippen LogP contribution in [-0.4, -0.2) is 37.0 Å². The molecule has 1 aromatic heterocycles. The maximum Gasteiger partial charge on any atom is 0.307 e. The normalized spacial score (nSPS) is 10.0. The Morgan fingerprint density at radius 2 is 2.18 bits per heavy atom. The fourth-order valence-corrected chi connectivity index (χ4v) is 1.25. The van der Waals surface area contributed by atoms with Crippen molar-refractivity contribution >= 4 is 17.8 Å². The number of nitrogens with two attached hydrogens (primary N) is 1. The Morgan fingerprint density at radius 3 is 2.71 bits per heavy atom. The quantitative estimate of drug-likeness (QED) is 0.772. The Balaban J connectivity index is 2.45. The van der Waals surface area contributed by atoms with Crippen molar-refractivity contribution in [3.63, 3.8) is 0 Å². The van der Waals surface area contributed by atoms with E-state index in [1.807, 2.05) is 0 Å². The molecule has 17 heavy (non-hydrogen) atoms. The number of esters is 1. The highest BCUT2D eigenvalue weighted by Gasteiger charge is 2.16. The number of nitrogen functional groups attached to an aromatic ring is 1. The predicted molar refractivity (Wildman–Crippen MR) is 61.3 cm³/mol. The minimum Gasteiger partial charge on any atom is -0.466 e. The first-order valence-electron chi connectivity index (χ1n) is 5.31. The van der Waals surface area contributed by atoms with Gasteiger partial charge in [-0.15, -0.1) is 0 Å². The average molecular weight is 240 g/mol. The van der Waals surface area contributed by atoms with Gasteiger partial charge in [0, 0.05) is 19.7 Å². The van der Waals surface area contributed by atoms with Crippen LogP contribution in [0.15, 0.2) is 16.5 Å². The van der Waals surface area contributed by atoms with Crippen LogP contribution in [0, 0.1) is 0 Å². The number of nitrogens with zero attached hydrogens (tertiary/aromatic N) is 1. The summed E-state index contributed by atoms with van der Waals surface area (Å²) in [6.45, 7) is 2.35. The molecular weight excluding hydrogens is 224 g/mol. The van der Waals surface area contributed by atoms with Crippen LogP contribution in [0.25, 0.3) is 0 Å². The molecule has 0 unspecified atom stereocenters. The lowest BCUT2D eigenvalue weighted by Gasteiger charge is -2.14. The number of ether oxygens (including phenoxy) is 1. The molecule has 0 bridgehead atoms. The molecule has 0 saturated carbocycles. The lowest BCUT2D eigenvalue weighted by atomic mass is 10.3. The molecule has 1 rings (SSSR count). The summed E-state index contributed by atoms with van der Waals surface area (Å²) in [5.41, 5.74) is 5.37. The number of hydrogen-bond acceptors (Lipinski definition) is 5. The summed E-state index contributed by atoms with van der Waals surface area (Å²) < 4.78 is 9.75. The van der Waals surface area contributed by atoms with Gasteiger partial charge in [0.1, 0.15) is 0 Å². The van der Waals surface area contributed by atoms with Gasteiger partial charge in [0.05, 0.1) is 13.0 Å². The molecule has 0 spiro atoms. The van der Waals surface area contributed by atoms with Gasteiger partial charge in [-0.3, -0.25) is 9.59 Å². The number of carbonyl (C=O) groups is 2. The molecule has 1 amide bonds. The SMILES string of the molecule is CCOC(=O)CCN(C)C(=O)c1ccc(N)o1. The standard InChI is InChI=1S/C11H16N2O4/c1-3-16-10(14)6-7-13(2)11(15)8-4-5-9(12)17-8/h4-5H,3,6-7,12H2,1-2H3. The Hall–Kier alpha value is -1.98. The van der Waals surface area contributed by atoms with E-state index in [0.29, 0.717) is 6.61 Å². The maximum atomic E-state index is 11.8. The van der Waals surface area contributed by atoms with Crippen molar-refractivity contribution in [2.75, 3.05) is 25.9 Å². The second-order valence-corrected chi connectivity index (χ2v) is 3.48. The van der Waals surface area contributed by atoms with Crippen molar-refractivity contribution < 1.29 is 18.7 Å². The van der Waals surface area contributed by atoms with Gasteiger partial charge in [0.25, 0.3) is 5.91 Å². The summed E-state index contributed by atoms with van der Waals surface area (Å²) in [6.07, 6.45) is 0.159. The summed E-state index contributed by atoms with van der Waals surface area (Å²) in [5, 5.41) is 0. The topological polar surface area (TPSA) is 85.8 Å². The van der Waals surface area contributed by atoms with Crippen LogP contribution in [0.1, 0.15) is 23.9 Å². The molecule has 0 atom stereocenters. The number of amides is 1. The van der Waals surface area contributed by atoms with Crippen LogP contribution in [0.2, 0.25) is 0 Å². The molecule has 0 saturated heterocycles. The van der Waals surface area contributed by atoms with Crippen molar-refractivity contribution in [1.29, 1.82) is 0 Å². The van der Waals surface area contributed by atoms with Crippen LogP contribution >= 0.6 is 0 Å². The monoisotopic (exact) mass is 240 g/mol. The van der Waals surface area contributed by atoms with E-state index in [-0.39, 0.29) is 36.5 Å². The van der Waals surface area contributed by atoms with Crippen molar-refractivity contribution in [3.05, 3.63) is 17.9 Å². The van der Waals surface area contributed by atoms with E-state index in [4.69, 9.17) is 14.9 Å². The zero-order valence-electron chi connectivity index (χ0n) is 9.93. The highest BCUT2D eigenvalue weighted by atomic mass is 16.5. The molecule has 0 aliphatic rings. The molecular formula is C11H16N2O4. The zero-order valence-corrected chi connectivity index (χ0v) is 9.93.